The van der Waals surface area contributed by atoms with Crippen LogP contribution in [-0.2, 0) is 6.42 Å². The smallest absolute Gasteiger partial charge is 0.256 e. The SMILES string of the molecule is O=C(Nc1ccccc1N1CCc2ccccc21)c1ccccc1Br. The molecule has 3 aromatic carbocycles. The molecule has 0 fully saturated rings. The molecule has 4 heteroatoms. The van der Waals surface area contributed by atoms with Crippen molar-refractivity contribution in [3.05, 3.63) is 88.4 Å². The third-order valence-corrected chi connectivity index (χ3v) is 5.14. The van der Waals surface area contributed by atoms with Crippen LogP contribution >= 0.6 is 15.9 Å². The zero-order valence-electron chi connectivity index (χ0n) is 13.6. The number of rotatable bonds is 3. The molecule has 0 unspecified atom stereocenters. The molecule has 1 aliphatic heterocycles. The third-order valence-electron chi connectivity index (χ3n) is 4.45. The number of halogens is 1. The quantitative estimate of drug-likeness (QED) is 0.647. The van der Waals surface area contributed by atoms with E-state index in [1.54, 1.807) is 0 Å². The lowest BCUT2D eigenvalue weighted by Gasteiger charge is -2.23. The summed E-state index contributed by atoms with van der Waals surface area (Å²) >= 11 is 3.45. The molecule has 3 nitrogen and oxygen atoms in total. The van der Waals surface area contributed by atoms with Crippen LogP contribution in [-0.4, -0.2) is 12.5 Å². The Morgan fingerprint density at radius 1 is 0.880 bits per heavy atom. The molecule has 25 heavy (non-hydrogen) atoms. The highest BCUT2D eigenvalue weighted by molar-refractivity contribution is 9.10. The van der Waals surface area contributed by atoms with Crippen LogP contribution in [0.2, 0.25) is 0 Å². The van der Waals surface area contributed by atoms with E-state index in [0.717, 1.165) is 28.8 Å². The minimum absolute atomic E-state index is 0.118. The fourth-order valence-corrected chi connectivity index (χ4v) is 3.70. The van der Waals surface area contributed by atoms with Gasteiger partial charge in [-0.15, -0.1) is 0 Å². The molecule has 3 aromatic rings. The first-order chi connectivity index (χ1) is 12.2. The Morgan fingerprint density at radius 3 is 2.40 bits per heavy atom. The van der Waals surface area contributed by atoms with E-state index in [-0.39, 0.29) is 5.91 Å². The van der Waals surface area contributed by atoms with E-state index < -0.39 is 0 Å². The van der Waals surface area contributed by atoms with Crippen molar-refractivity contribution < 1.29 is 4.79 Å². The van der Waals surface area contributed by atoms with Crippen molar-refractivity contribution >= 4 is 38.9 Å². The van der Waals surface area contributed by atoms with Gasteiger partial charge in [0.25, 0.3) is 5.91 Å². The van der Waals surface area contributed by atoms with Crippen LogP contribution in [0.4, 0.5) is 17.1 Å². The summed E-state index contributed by atoms with van der Waals surface area (Å²) < 4.78 is 0.788. The van der Waals surface area contributed by atoms with Gasteiger partial charge in [-0.3, -0.25) is 4.79 Å². The lowest BCUT2D eigenvalue weighted by atomic mass is 10.1. The molecule has 0 atom stereocenters. The average molecular weight is 393 g/mol. The molecule has 0 aliphatic carbocycles. The summed E-state index contributed by atoms with van der Waals surface area (Å²) in [5.41, 5.74) is 5.02. The first-order valence-electron chi connectivity index (χ1n) is 8.24. The van der Waals surface area contributed by atoms with Crippen molar-refractivity contribution in [1.29, 1.82) is 0 Å². The number of para-hydroxylation sites is 3. The van der Waals surface area contributed by atoms with Crippen molar-refractivity contribution in [1.82, 2.24) is 0 Å². The molecule has 1 heterocycles. The largest absolute Gasteiger partial charge is 0.339 e. The monoisotopic (exact) mass is 392 g/mol. The van der Waals surface area contributed by atoms with Crippen LogP contribution in [0.5, 0.6) is 0 Å². The Hall–Kier alpha value is -2.59. The van der Waals surface area contributed by atoms with Crippen LogP contribution in [0.25, 0.3) is 0 Å². The summed E-state index contributed by atoms with van der Waals surface area (Å²) in [6.07, 6.45) is 1.02. The molecule has 1 N–H and O–H groups in total. The number of amides is 1. The Bertz CT molecular complexity index is 938. The highest BCUT2D eigenvalue weighted by Crippen LogP contribution is 2.38. The van der Waals surface area contributed by atoms with E-state index in [1.807, 2.05) is 42.5 Å². The summed E-state index contributed by atoms with van der Waals surface area (Å²) in [4.78, 5) is 15.0. The minimum Gasteiger partial charge on any atom is -0.339 e. The second-order valence-electron chi connectivity index (χ2n) is 5.98. The third kappa shape index (κ3) is 3.05. The molecule has 0 radical (unpaired) electrons. The standard InChI is InChI=1S/C21H17BrN2O/c22-17-9-3-2-8-16(17)21(25)23-18-10-4-6-12-20(18)24-14-13-15-7-1-5-11-19(15)24/h1-12H,13-14H2,(H,23,25). The van der Waals surface area contributed by atoms with Crippen molar-refractivity contribution in [2.24, 2.45) is 0 Å². The number of nitrogens with zero attached hydrogens (tertiary/aromatic N) is 1. The predicted molar refractivity (Wildman–Crippen MR) is 106 cm³/mol. The van der Waals surface area contributed by atoms with Gasteiger partial charge in [-0.1, -0.05) is 42.5 Å². The van der Waals surface area contributed by atoms with Crippen LogP contribution in [0.1, 0.15) is 15.9 Å². The Labute approximate surface area is 155 Å². The topological polar surface area (TPSA) is 32.3 Å². The number of hydrogen-bond acceptors (Lipinski definition) is 2. The molecule has 4 rings (SSSR count). The first-order valence-corrected chi connectivity index (χ1v) is 9.04. The van der Waals surface area contributed by atoms with Crippen molar-refractivity contribution in [2.45, 2.75) is 6.42 Å². The molecular weight excluding hydrogens is 376 g/mol. The normalized spacial score (nSPS) is 12.8. The maximum atomic E-state index is 12.7. The highest BCUT2D eigenvalue weighted by atomic mass is 79.9. The summed E-state index contributed by atoms with van der Waals surface area (Å²) in [5.74, 6) is -0.118. The van der Waals surface area contributed by atoms with Crippen LogP contribution in [0.3, 0.4) is 0 Å². The highest BCUT2D eigenvalue weighted by Gasteiger charge is 2.22. The number of benzene rings is 3. The van der Waals surface area contributed by atoms with Gasteiger partial charge in [-0.05, 0) is 58.2 Å². The lowest BCUT2D eigenvalue weighted by molar-refractivity contribution is 0.102. The van der Waals surface area contributed by atoms with Crippen molar-refractivity contribution in [3.63, 3.8) is 0 Å². The second-order valence-corrected chi connectivity index (χ2v) is 6.84. The lowest BCUT2D eigenvalue weighted by Crippen LogP contribution is -2.18. The fourth-order valence-electron chi connectivity index (χ4n) is 3.24. The van der Waals surface area contributed by atoms with E-state index in [9.17, 15) is 4.79 Å². The maximum absolute atomic E-state index is 12.7. The summed E-state index contributed by atoms with van der Waals surface area (Å²) in [5, 5.41) is 3.06. The summed E-state index contributed by atoms with van der Waals surface area (Å²) in [6.45, 7) is 0.918. The van der Waals surface area contributed by atoms with E-state index in [1.165, 1.54) is 11.3 Å². The minimum atomic E-state index is -0.118. The molecule has 0 saturated heterocycles. The molecular formula is C21H17BrN2O. The van der Waals surface area contributed by atoms with E-state index >= 15 is 0 Å². The molecule has 1 aliphatic rings. The van der Waals surface area contributed by atoms with Crippen molar-refractivity contribution in [3.8, 4) is 0 Å². The van der Waals surface area contributed by atoms with E-state index in [4.69, 9.17) is 0 Å². The van der Waals surface area contributed by atoms with Gasteiger partial charge in [0, 0.05) is 16.7 Å². The van der Waals surface area contributed by atoms with Gasteiger partial charge in [0.2, 0.25) is 0 Å². The van der Waals surface area contributed by atoms with E-state index in [0.29, 0.717) is 5.56 Å². The number of anilines is 3. The average Bonchev–Trinajstić information content (AvgIpc) is 3.06. The molecule has 0 bridgehead atoms. The van der Waals surface area contributed by atoms with Gasteiger partial charge in [-0.2, -0.15) is 0 Å². The zero-order valence-corrected chi connectivity index (χ0v) is 15.2. The summed E-state index contributed by atoms with van der Waals surface area (Å²) in [6, 6.07) is 23.8. The number of fused-ring (bicyclic) bond motifs is 1. The Balaban J connectivity index is 1.67. The van der Waals surface area contributed by atoms with Gasteiger partial charge >= 0.3 is 0 Å². The number of carbonyl (C=O) groups excluding carboxylic acids is 1. The number of hydrogen-bond donors (Lipinski definition) is 1. The molecule has 1 amide bonds. The molecule has 0 aromatic heterocycles. The van der Waals surface area contributed by atoms with Gasteiger partial charge in [0.1, 0.15) is 0 Å². The Morgan fingerprint density at radius 2 is 1.56 bits per heavy atom. The van der Waals surface area contributed by atoms with E-state index in [2.05, 4.69) is 56.5 Å². The van der Waals surface area contributed by atoms with Crippen LogP contribution in [0.15, 0.2) is 77.3 Å². The van der Waals surface area contributed by atoms with Crippen LogP contribution in [0, 0.1) is 0 Å². The van der Waals surface area contributed by atoms with Gasteiger partial charge in [0.05, 0.1) is 16.9 Å². The van der Waals surface area contributed by atoms with Gasteiger partial charge in [-0.25, -0.2) is 0 Å². The molecule has 0 saturated carbocycles. The summed E-state index contributed by atoms with van der Waals surface area (Å²) in [7, 11) is 0. The predicted octanol–water partition coefficient (Wildman–Crippen LogP) is 5.40. The maximum Gasteiger partial charge on any atom is 0.256 e. The first kappa shape index (κ1) is 15.9. The molecule has 124 valence electrons. The number of nitrogens with one attached hydrogen (secondary N) is 1. The fraction of sp³-hybridized carbons (Fsp3) is 0.0952. The molecule has 0 spiro atoms. The van der Waals surface area contributed by atoms with Crippen LogP contribution < -0.4 is 10.2 Å². The van der Waals surface area contributed by atoms with Gasteiger partial charge in [0.15, 0.2) is 0 Å². The van der Waals surface area contributed by atoms with Crippen molar-refractivity contribution in [2.75, 3.05) is 16.8 Å². The second kappa shape index (κ2) is 6.73. The zero-order chi connectivity index (χ0) is 17.2. The Kier molecular flexibility index (Phi) is 4.28. The number of carbonyl (C=O) groups is 1. The van der Waals surface area contributed by atoms with Gasteiger partial charge < -0.3 is 10.2 Å².